The summed E-state index contributed by atoms with van der Waals surface area (Å²) in [5, 5.41) is 3.86. The van der Waals surface area contributed by atoms with Gasteiger partial charge in [0.05, 0.1) is 0 Å². The second kappa shape index (κ2) is 7.97. The number of rotatable bonds is 6. The third kappa shape index (κ3) is 4.96. The van der Waals surface area contributed by atoms with Crippen LogP contribution in [-0.2, 0) is 0 Å². The highest BCUT2D eigenvalue weighted by molar-refractivity contribution is 4.93. The molecule has 1 heterocycles. The highest BCUT2D eigenvalue weighted by atomic mass is 15.2. The van der Waals surface area contributed by atoms with Gasteiger partial charge in [-0.3, -0.25) is 4.90 Å². The number of piperidine rings is 1. The molecule has 2 rings (SSSR count). The van der Waals surface area contributed by atoms with Crippen molar-refractivity contribution in [3.05, 3.63) is 0 Å². The Kier molecular flexibility index (Phi) is 6.55. The van der Waals surface area contributed by atoms with Crippen LogP contribution in [0.15, 0.2) is 0 Å². The van der Waals surface area contributed by atoms with Crippen molar-refractivity contribution >= 4 is 0 Å². The van der Waals surface area contributed by atoms with Crippen LogP contribution in [0.4, 0.5) is 0 Å². The molecule has 1 saturated carbocycles. The first-order valence-electron chi connectivity index (χ1n) is 9.53. The number of nitrogens with zero attached hydrogens (tertiary/aromatic N) is 1. The summed E-state index contributed by atoms with van der Waals surface area (Å²) < 4.78 is 0. The molecule has 1 aliphatic carbocycles. The lowest BCUT2D eigenvalue weighted by Gasteiger charge is -2.47. The Balaban J connectivity index is 1.95. The lowest BCUT2D eigenvalue weighted by atomic mass is 9.77. The molecule has 0 spiro atoms. The third-order valence-electron chi connectivity index (χ3n) is 5.90. The quantitative estimate of drug-likeness (QED) is 0.779. The summed E-state index contributed by atoms with van der Waals surface area (Å²) in [6.45, 7) is 13.4. The molecule has 0 amide bonds. The molecule has 2 nitrogen and oxygen atoms in total. The molecule has 2 fully saturated rings. The Morgan fingerprint density at radius 3 is 2.38 bits per heavy atom. The van der Waals surface area contributed by atoms with Crippen LogP contribution in [0.3, 0.4) is 0 Å². The molecule has 124 valence electrons. The van der Waals surface area contributed by atoms with E-state index in [0.717, 1.165) is 18.0 Å². The Labute approximate surface area is 133 Å². The van der Waals surface area contributed by atoms with Crippen LogP contribution in [0, 0.1) is 11.3 Å². The van der Waals surface area contributed by atoms with Gasteiger partial charge in [0.2, 0.25) is 0 Å². The second-order valence-electron chi connectivity index (χ2n) is 8.30. The van der Waals surface area contributed by atoms with E-state index in [1.54, 1.807) is 0 Å². The van der Waals surface area contributed by atoms with Crippen LogP contribution in [0.25, 0.3) is 0 Å². The molecule has 0 aromatic carbocycles. The molecule has 1 N–H and O–H groups in total. The maximum absolute atomic E-state index is 3.86. The average molecular weight is 295 g/mol. The van der Waals surface area contributed by atoms with Crippen LogP contribution in [0.2, 0.25) is 0 Å². The van der Waals surface area contributed by atoms with E-state index < -0.39 is 0 Å². The predicted octanol–water partition coefficient (Wildman–Crippen LogP) is 4.45. The van der Waals surface area contributed by atoms with Crippen molar-refractivity contribution in [2.24, 2.45) is 11.3 Å². The maximum atomic E-state index is 3.86. The van der Waals surface area contributed by atoms with Crippen LogP contribution in [0.1, 0.15) is 79.1 Å². The van der Waals surface area contributed by atoms with Gasteiger partial charge in [0.1, 0.15) is 0 Å². The minimum Gasteiger partial charge on any atom is -0.312 e. The van der Waals surface area contributed by atoms with E-state index in [1.807, 2.05) is 0 Å². The van der Waals surface area contributed by atoms with E-state index in [2.05, 4.69) is 37.9 Å². The summed E-state index contributed by atoms with van der Waals surface area (Å²) in [4.78, 5) is 2.83. The van der Waals surface area contributed by atoms with Crippen molar-refractivity contribution in [1.82, 2.24) is 10.2 Å². The Bertz CT molecular complexity index is 290. The van der Waals surface area contributed by atoms with Gasteiger partial charge in [0.25, 0.3) is 0 Å². The zero-order chi connectivity index (χ0) is 15.3. The minimum absolute atomic E-state index is 0.570. The van der Waals surface area contributed by atoms with Gasteiger partial charge in [-0.25, -0.2) is 0 Å². The second-order valence-corrected chi connectivity index (χ2v) is 8.30. The monoisotopic (exact) mass is 294 g/mol. The first kappa shape index (κ1) is 17.3. The number of hydrogen-bond donors (Lipinski definition) is 1. The van der Waals surface area contributed by atoms with Crippen molar-refractivity contribution in [2.45, 2.75) is 91.1 Å². The summed E-state index contributed by atoms with van der Waals surface area (Å²) in [6, 6.07) is 1.55. The summed E-state index contributed by atoms with van der Waals surface area (Å²) in [5.74, 6) is 0.981. The standard InChI is InChI=1S/C19H38N2/c1-5-7-16-8-9-17(20-12-6-2)18(15-16)21-13-10-19(3,4)11-14-21/h16-18,20H,5-15H2,1-4H3. The average Bonchev–Trinajstić information content (AvgIpc) is 2.46. The number of nitrogens with one attached hydrogen (secondary N) is 1. The molecule has 3 unspecified atom stereocenters. The summed E-state index contributed by atoms with van der Waals surface area (Å²) in [5.41, 5.74) is 0.570. The largest absolute Gasteiger partial charge is 0.312 e. The Morgan fingerprint density at radius 2 is 1.76 bits per heavy atom. The van der Waals surface area contributed by atoms with E-state index in [9.17, 15) is 0 Å². The van der Waals surface area contributed by atoms with E-state index >= 15 is 0 Å². The van der Waals surface area contributed by atoms with E-state index in [0.29, 0.717) is 5.41 Å². The smallest absolute Gasteiger partial charge is 0.0251 e. The molecule has 0 bridgehead atoms. The molecular weight excluding hydrogens is 256 g/mol. The van der Waals surface area contributed by atoms with Crippen molar-refractivity contribution in [3.63, 3.8) is 0 Å². The van der Waals surface area contributed by atoms with E-state index in [-0.39, 0.29) is 0 Å². The van der Waals surface area contributed by atoms with Crippen molar-refractivity contribution in [2.75, 3.05) is 19.6 Å². The molecule has 1 saturated heterocycles. The molecule has 0 aromatic rings. The molecule has 2 aliphatic rings. The van der Waals surface area contributed by atoms with Gasteiger partial charge in [-0.05, 0) is 69.5 Å². The van der Waals surface area contributed by atoms with Crippen LogP contribution < -0.4 is 5.32 Å². The van der Waals surface area contributed by atoms with Gasteiger partial charge in [0.15, 0.2) is 0 Å². The van der Waals surface area contributed by atoms with Crippen LogP contribution >= 0.6 is 0 Å². The van der Waals surface area contributed by atoms with Crippen LogP contribution in [-0.4, -0.2) is 36.6 Å². The molecular formula is C19H38N2. The van der Waals surface area contributed by atoms with Gasteiger partial charge in [-0.1, -0.05) is 40.5 Å². The number of hydrogen-bond acceptors (Lipinski definition) is 2. The van der Waals surface area contributed by atoms with Gasteiger partial charge < -0.3 is 5.32 Å². The first-order valence-corrected chi connectivity index (χ1v) is 9.53. The maximum Gasteiger partial charge on any atom is 0.0251 e. The topological polar surface area (TPSA) is 15.3 Å². The van der Waals surface area contributed by atoms with Gasteiger partial charge in [0, 0.05) is 12.1 Å². The molecule has 21 heavy (non-hydrogen) atoms. The first-order chi connectivity index (χ1) is 10.1. The highest BCUT2D eigenvalue weighted by Gasteiger charge is 2.36. The van der Waals surface area contributed by atoms with Crippen molar-refractivity contribution < 1.29 is 0 Å². The van der Waals surface area contributed by atoms with Gasteiger partial charge in [-0.2, -0.15) is 0 Å². The fourth-order valence-corrected chi connectivity index (χ4v) is 4.33. The van der Waals surface area contributed by atoms with Crippen molar-refractivity contribution in [1.29, 1.82) is 0 Å². The fourth-order valence-electron chi connectivity index (χ4n) is 4.33. The minimum atomic E-state index is 0.570. The van der Waals surface area contributed by atoms with Crippen molar-refractivity contribution in [3.8, 4) is 0 Å². The van der Waals surface area contributed by atoms with Gasteiger partial charge >= 0.3 is 0 Å². The summed E-state index contributed by atoms with van der Waals surface area (Å²) in [6.07, 6.45) is 11.1. The third-order valence-corrected chi connectivity index (χ3v) is 5.90. The highest BCUT2D eigenvalue weighted by Crippen LogP contribution is 2.36. The van der Waals surface area contributed by atoms with Crippen LogP contribution in [0.5, 0.6) is 0 Å². The number of likely N-dealkylation sites (tertiary alicyclic amines) is 1. The molecule has 2 heteroatoms. The van der Waals surface area contributed by atoms with Gasteiger partial charge in [-0.15, -0.1) is 0 Å². The zero-order valence-corrected chi connectivity index (χ0v) is 15.0. The Hall–Kier alpha value is -0.0800. The molecule has 3 atom stereocenters. The summed E-state index contributed by atoms with van der Waals surface area (Å²) in [7, 11) is 0. The predicted molar refractivity (Wildman–Crippen MR) is 92.7 cm³/mol. The molecule has 0 radical (unpaired) electrons. The zero-order valence-electron chi connectivity index (χ0n) is 15.0. The Morgan fingerprint density at radius 1 is 1.05 bits per heavy atom. The SMILES string of the molecule is CCCNC1CCC(CCC)CC1N1CCC(C)(C)CC1. The van der Waals surface area contributed by atoms with E-state index in [1.165, 1.54) is 71.0 Å². The lowest BCUT2D eigenvalue weighted by Crippen LogP contribution is -2.55. The van der Waals surface area contributed by atoms with E-state index in [4.69, 9.17) is 0 Å². The fraction of sp³-hybridized carbons (Fsp3) is 1.00. The summed E-state index contributed by atoms with van der Waals surface area (Å²) >= 11 is 0. The molecule has 1 aliphatic heterocycles. The molecule has 0 aromatic heterocycles. The lowest BCUT2D eigenvalue weighted by molar-refractivity contribution is 0.0434. The normalized spacial score (nSPS) is 34.0.